The lowest BCUT2D eigenvalue weighted by Crippen LogP contribution is -2.16. The number of rotatable bonds is 5. The van der Waals surface area contributed by atoms with E-state index in [-0.39, 0.29) is 28.1 Å². The third kappa shape index (κ3) is 4.59. The van der Waals surface area contributed by atoms with E-state index in [4.69, 9.17) is 10.5 Å². The molecule has 0 aliphatic carbocycles. The van der Waals surface area contributed by atoms with E-state index in [2.05, 4.69) is 15.0 Å². The molecule has 186 valence electrons. The summed E-state index contributed by atoms with van der Waals surface area (Å²) in [4.78, 5) is 24.3. The van der Waals surface area contributed by atoms with Crippen molar-refractivity contribution in [2.75, 3.05) is 13.4 Å². The Hall–Kier alpha value is -4.06. The van der Waals surface area contributed by atoms with Crippen LogP contribution in [0.2, 0.25) is 0 Å². The van der Waals surface area contributed by atoms with Crippen LogP contribution in [0.15, 0.2) is 53.8 Å². The molecule has 0 atom stereocenters. The number of aromatic nitrogens is 3. The number of sulfone groups is 1. The Bertz CT molecular complexity index is 1640. The van der Waals surface area contributed by atoms with Gasteiger partial charge in [0.15, 0.2) is 0 Å². The number of carbonyl (C=O) groups excluding carboxylic acids is 1. The number of primary amides is 1. The summed E-state index contributed by atoms with van der Waals surface area (Å²) in [5.41, 5.74) is 5.49. The highest BCUT2D eigenvalue weighted by atomic mass is 32.2. The van der Waals surface area contributed by atoms with E-state index < -0.39 is 32.6 Å². The Labute approximate surface area is 203 Å². The molecule has 0 aliphatic heterocycles. The molecular weight excluding hydrogens is 497 g/mol. The lowest BCUT2D eigenvalue weighted by Gasteiger charge is -2.17. The highest BCUT2D eigenvalue weighted by Gasteiger charge is 2.35. The number of pyridine rings is 1. The van der Waals surface area contributed by atoms with Gasteiger partial charge in [-0.15, -0.1) is 0 Å². The largest absolute Gasteiger partial charge is 0.479 e. The second kappa shape index (κ2) is 8.86. The summed E-state index contributed by atoms with van der Waals surface area (Å²) in [6.45, 7) is 1.74. The average molecular weight is 517 g/mol. The molecule has 2 heterocycles. The summed E-state index contributed by atoms with van der Waals surface area (Å²) in [5, 5.41) is 0.00587. The molecule has 2 aromatic carbocycles. The van der Waals surface area contributed by atoms with Gasteiger partial charge in [0.1, 0.15) is 5.52 Å². The molecule has 8 nitrogen and oxygen atoms in total. The van der Waals surface area contributed by atoms with Crippen molar-refractivity contribution in [3.05, 3.63) is 65.4 Å². The fourth-order valence-corrected chi connectivity index (χ4v) is 4.31. The summed E-state index contributed by atoms with van der Waals surface area (Å²) in [7, 11) is -2.36. The Morgan fingerprint density at radius 3 is 2.42 bits per heavy atom. The van der Waals surface area contributed by atoms with Crippen molar-refractivity contribution < 1.29 is 31.1 Å². The molecule has 0 aliphatic rings. The maximum atomic E-state index is 13.8. The molecule has 0 saturated heterocycles. The number of benzene rings is 2. The van der Waals surface area contributed by atoms with Gasteiger partial charge in [-0.2, -0.15) is 13.2 Å². The van der Waals surface area contributed by atoms with Crippen LogP contribution in [0, 0.1) is 6.92 Å². The smallest absolute Gasteiger partial charge is 0.417 e. The number of fused-ring (bicyclic) bond motifs is 1. The molecule has 4 aromatic rings. The number of halogens is 3. The topological polar surface area (TPSA) is 125 Å². The molecular formula is C24H19F3N4O4S. The van der Waals surface area contributed by atoms with E-state index in [0.29, 0.717) is 22.2 Å². The Morgan fingerprint density at radius 2 is 1.81 bits per heavy atom. The van der Waals surface area contributed by atoms with Gasteiger partial charge in [-0.05, 0) is 42.3 Å². The number of alkyl halides is 3. The first-order valence-electron chi connectivity index (χ1n) is 10.3. The van der Waals surface area contributed by atoms with Gasteiger partial charge in [-0.3, -0.25) is 4.79 Å². The highest BCUT2D eigenvalue weighted by Crippen LogP contribution is 2.41. The van der Waals surface area contributed by atoms with Gasteiger partial charge in [-0.1, -0.05) is 18.2 Å². The maximum Gasteiger partial charge on any atom is 0.417 e. The number of aryl methyl sites for hydroxylation is 1. The summed E-state index contributed by atoms with van der Waals surface area (Å²) in [5.74, 6) is -0.990. The van der Waals surface area contributed by atoms with Gasteiger partial charge in [0, 0.05) is 34.5 Å². The van der Waals surface area contributed by atoms with Crippen molar-refractivity contribution in [1.82, 2.24) is 15.0 Å². The van der Waals surface area contributed by atoms with Crippen molar-refractivity contribution in [3.63, 3.8) is 0 Å². The standard InChI is InChI=1S/C24H19F3N4O4S/c1-12-7-8-13(19-15(21(28)32)5-4-6-17(19)24(25,26)27)9-16(12)18-10-14-11-29-23(36(3,33)34)31-20(14)22(30-18)35-2/h4-11H,1-3H3,(H2,28,32). The van der Waals surface area contributed by atoms with Gasteiger partial charge in [0.25, 0.3) is 0 Å². The van der Waals surface area contributed by atoms with Crippen molar-refractivity contribution in [2.45, 2.75) is 18.3 Å². The van der Waals surface area contributed by atoms with Crippen LogP contribution >= 0.6 is 0 Å². The molecule has 0 fully saturated rings. The molecule has 4 rings (SSSR count). The van der Waals surface area contributed by atoms with Gasteiger partial charge in [0.2, 0.25) is 26.8 Å². The van der Waals surface area contributed by atoms with Gasteiger partial charge < -0.3 is 10.5 Å². The lowest BCUT2D eigenvalue weighted by atomic mass is 9.90. The van der Waals surface area contributed by atoms with E-state index in [1.807, 2.05) is 0 Å². The van der Waals surface area contributed by atoms with E-state index in [1.165, 1.54) is 31.5 Å². The molecule has 0 radical (unpaired) electrons. The van der Waals surface area contributed by atoms with E-state index in [0.717, 1.165) is 18.4 Å². The predicted octanol–water partition coefficient (Wildman–Crippen LogP) is 4.20. The number of nitrogens with two attached hydrogens (primary N) is 1. The van der Waals surface area contributed by atoms with Crippen LogP contribution in [0.4, 0.5) is 13.2 Å². The number of hydrogen-bond acceptors (Lipinski definition) is 7. The lowest BCUT2D eigenvalue weighted by molar-refractivity contribution is -0.137. The van der Waals surface area contributed by atoms with Gasteiger partial charge in [-0.25, -0.2) is 23.4 Å². The Morgan fingerprint density at radius 1 is 1.08 bits per heavy atom. The zero-order valence-electron chi connectivity index (χ0n) is 19.2. The Balaban J connectivity index is 1.97. The van der Waals surface area contributed by atoms with Gasteiger partial charge in [0.05, 0.1) is 18.4 Å². The monoisotopic (exact) mass is 516 g/mol. The van der Waals surface area contributed by atoms with E-state index in [1.54, 1.807) is 19.1 Å². The fourth-order valence-electron chi connectivity index (χ4n) is 3.81. The molecule has 0 spiro atoms. The van der Waals surface area contributed by atoms with E-state index in [9.17, 15) is 26.4 Å². The molecule has 0 bridgehead atoms. The molecule has 1 amide bonds. The van der Waals surface area contributed by atoms with Crippen LogP contribution in [0.25, 0.3) is 33.3 Å². The second-order valence-electron chi connectivity index (χ2n) is 8.00. The van der Waals surface area contributed by atoms with Crippen molar-refractivity contribution in [3.8, 4) is 28.3 Å². The Kier molecular flexibility index (Phi) is 6.17. The van der Waals surface area contributed by atoms with Crippen LogP contribution in [-0.2, 0) is 16.0 Å². The number of amides is 1. The fraction of sp³-hybridized carbons (Fsp3) is 0.167. The third-order valence-corrected chi connectivity index (χ3v) is 6.33. The molecule has 36 heavy (non-hydrogen) atoms. The molecule has 2 N–H and O–H groups in total. The number of nitrogens with zero attached hydrogens (tertiary/aromatic N) is 3. The minimum absolute atomic E-state index is 0.00752. The van der Waals surface area contributed by atoms with Crippen molar-refractivity contribution >= 4 is 26.6 Å². The molecule has 2 aromatic heterocycles. The normalized spacial score (nSPS) is 12.1. The first kappa shape index (κ1) is 25.0. The summed E-state index contributed by atoms with van der Waals surface area (Å²) >= 11 is 0. The summed E-state index contributed by atoms with van der Waals surface area (Å²) in [6, 6.07) is 9.37. The zero-order valence-corrected chi connectivity index (χ0v) is 20.0. The maximum absolute atomic E-state index is 13.8. The second-order valence-corrected chi connectivity index (χ2v) is 9.91. The quantitative estimate of drug-likeness (QED) is 0.394. The van der Waals surface area contributed by atoms with Gasteiger partial charge >= 0.3 is 6.18 Å². The first-order valence-corrected chi connectivity index (χ1v) is 12.2. The number of methoxy groups -OCH3 is 1. The summed E-state index contributed by atoms with van der Waals surface area (Å²) in [6.07, 6.45) is -2.46. The summed E-state index contributed by atoms with van der Waals surface area (Å²) < 4.78 is 70.5. The minimum atomic E-state index is -4.73. The van der Waals surface area contributed by atoms with Crippen LogP contribution in [0.5, 0.6) is 5.88 Å². The number of carbonyl (C=O) groups is 1. The highest BCUT2D eigenvalue weighted by molar-refractivity contribution is 7.90. The first-order chi connectivity index (χ1) is 16.8. The molecule has 0 unspecified atom stereocenters. The van der Waals surface area contributed by atoms with E-state index >= 15 is 0 Å². The average Bonchev–Trinajstić information content (AvgIpc) is 2.81. The van der Waals surface area contributed by atoms with Crippen molar-refractivity contribution in [2.24, 2.45) is 5.73 Å². The van der Waals surface area contributed by atoms with Crippen molar-refractivity contribution in [1.29, 1.82) is 0 Å². The van der Waals surface area contributed by atoms with Crippen LogP contribution < -0.4 is 10.5 Å². The number of ether oxygens (including phenoxy) is 1. The third-order valence-electron chi connectivity index (χ3n) is 5.47. The predicted molar refractivity (Wildman–Crippen MR) is 126 cm³/mol. The zero-order chi connectivity index (χ0) is 26.4. The van der Waals surface area contributed by atoms with Crippen LogP contribution in [0.1, 0.15) is 21.5 Å². The number of hydrogen-bond donors (Lipinski definition) is 1. The van der Waals surface area contributed by atoms with Crippen LogP contribution in [0.3, 0.4) is 0 Å². The molecule has 0 saturated carbocycles. The molecule has 12 heteroatoms. The van der Waals surface area contributed by atoms with Crippen LogP contribution in [-0.4, -0.2) is 42.6 Å². The minimum Gasteiger partial charge on any atom is -0.479 e. The SMILES string of the molecule is COc1nc(-c2cc(-c3c(C(N)=O)cccc3C(F)(F)F)ccc2C)cc2cnc(S(C)(=O)=O)nc12.